The first-order chi connectivity index (χ1) is 7.43. The summed E-state index contributed by atoms with van der Waals surface area (Å²) in [5.74, 6) is 0. The Bertz CT molecular complexity index is 717. The zero-order valence-electron chi connectivity index (χ0n) is 7.53. The summed E-state index contributed by atoms with van der Waals surface area (Å²) in [6.07, 6.45) is 0. The van der Waals surface area contributed by atoms with Gasteiger partial charge in [-0.3, -0.25) is 0 Å². The molecule has 0 amide bonds. The molecule has 0 saturated carbocycles. The van der Waals surface area contributed by atoms with Crippen LogP contribution in [0.5, 0.6) is 0 Å². The van der Waals surface area contributed by atoms with E-state index in [1.165, 1.54) is 6.07 Å². The molecule has 0 radical (unpaired) electrons. The number of imidazole rings is 1. The standard InChI is InChI=1S/C8H3BrClN3O2S/c9-8-12-5-2-1-4(3-11)7(6(5)13-8)16(10,14)15/h1-2H,(H,12,13). The normalized spacial score (nSPS) is 11.6. The van der Waals surface area contributed by atoms with Crippen LogP contribution in [0.3, 0.4) is 0 Å². The minimum Gasteiger partial charge on any atom is -0.332 e. The first-order valence-corrected chi connectivity index (χ1v) is 7.06. The molecule has 82 valence electrons. The Morgan fingerprint density at radius 2 is 2.19 bits per heavy atom. The van der Waals surface area contributed by atoms with Crippen LogP contribution in [-0.2, 0) is 9.05 Å². The van der Waals surface area contributed by atoms with E-state index in [1.807, 2.05) is 0 Å². The topological polar surface area (TPSA) is 86.6 Å². The lowest BCUT2D eigenvalue weighted by Gasteiger charge is -1.99. The first-order valence-electron chi connectivity index (χ1n) is 3.96. The van der Waals surface area contributed by atoms with Gasteiger partial charge in [0.1, 0.15) is 16.5 Å². The van der Waals surface area contributed by atoms with Crippen molar-refractivity contribution < 1.29 is 8.42 Å². The molecule has 0 unspecified atom stereocenters. The summed E-state index contributed by atoms with van der Waals surface area (Å²) >= 11 is 3.08. The molecule has 5 nitrogen and oxygen atoms in total. The van der Waals surface area contributed by atoms with Gasteiger partial charge in [0.2, 0.25) is 0 Å². The Hall–Kier alpha value is -1.10. The van der Waals surface area contributed by atoms with Crippen LogP contribution in [0.25, 0.3) is 11.0 Å². The van der Waals surface area contributed by atoms with Crippen LogP contribution in [0.15, 0.2) is 21.8 Å². The number of aromatic amines is 1. The molecule has 0 fully saturated rings. The van der Waals surface area contributed by atoms with Gasteiger partial charge in [-0.1, -0.05) is 0 Å². The zero-order chi connectivity index (χ0) is 11.9. The zero-order valence-corrected chi connectivity index (χ0v) is 10.7. The number of hydrogen-bond acceptors (Lipinski definition) is 4. The van der Waals surface area contributed by atoms with Crippen LogP contribution in [-0.4, -0.2) is 18.4 Å². The van der Waals surface area contributed by atoms with Gasteiger partial charge in [0.25, 0.3) is 9.05 Å². The van der Waals surface area contributed by atoms with E-state index in [0.717, 1.165) is 0 Å². The molecule has 1 heterocycles. The number of nitrogens with zero attached hydrogens (tertiary/aromatic N) is 2. The second kappa shape index (κ2) is 3.73. The molecule has 1 aromatic carbocycles. The van der Waals surface area contributed by atoms with Crippen molar-refractivity contribution in [2.45, 2.75) is 4.90 Å². The Morgan fingerprint density at radius 3 is 2.75 bits per heavy atom. The van der Waals surface area contributed by atoms with Crippen molar-refractivity contribution in [2.75, 3.05) is 0 Å². The Labute approximate surface area is 104 Å². The highest BCUT2D eigenvalue weighted by Gasteiger charge is 2.21. The van der Waals surface area contributed by atoms with Gasteiger partial charge in [0.05, 0.1) is 11.1 Å². The fourth-order valence-electron chi connectivity index (χ4n) is 1.36. The number of nitrogens with one attached hydrogen (secondary N) is 1. The molecule has 0 aliphatic carbocycles. The van der Waals surface area contributed by atoms with Crippen molar-refractivity contribution in [3.8, 4) is 6.07 Å². The number of nitriles is 1. The Kier molecular flexibility index (Phi) is 2.66. The lowest BCUT2D eigenvalue weighted by atomic mass is 10.2. The third kappa shape index (κ3) is 1.80. The largest absolute Gasteiger partial charge is 0.332 e. The van der Waals surface area contributed by atoms with E-state index in [0.29, 0.717) is 10.3 Å². The molecule has 16 heavy (non-hydrogen) atoms. The monoisotopic (exact) mass is 319 g/mol. The van der Waals surface area contributed by atoms with E-state index < -0.39 is 9.05 Å². The number of hydrogen-bond donors (Lipinski definition) is 1. The Balaban J connectivity index is 3.02. The maximum Gasteiger partial charge on any atom is 0.264 e. The van der Waals surface area contributed by atoms with Crippen LogP contribution in [0, 0.1) is 11.3 Å². The Morgan fingerprint density at radius 1 is 1.50 bits per heavy atom. The number of benzene rings is 1. The lowest BCUT2D eigenvalue weighted by molar-refractivity contribution is 0.610. The van der Waals surface area contributed by atoms with Crippen molar-refractivity contribution in [1.82, 2.24) is 9.97 Å². The summed E-state index contributed by atoms with van der Waals surface area (Å²) < 4.78 is 23.1. The molecule has 1 aromatic heterocycles. The summed E-state index contributed by atoms with van der Waals surface area (Å²) in [4.78, 5) is 6.46. The molecule has 0 saturated heterocycles. The second-order valence-electron chi connectivity index (χ2n) is 2.92. The summed E-state index contributed by atoms with van der Waals surface area (Å²) in [6, 6.07) is 4.71. The van der Waals surface area contributed by atoms with Crippen LogP contribution in [0.2, 0.25) is 0 Å². The average Bonchev–Trinajstić information content (AvgIpc) is 2.54. The summed E-state index contributed by atoms with van der Waals surface area (Å²) in [5, 5.41) is 8.83. The molecule has 2 rings (SSSR count). The maximum absolute atomic E-state index is 11.4. The van der Waals surface area contributed by atoms with Crippen molar-refractivity contribution in [3.63, 3.8) is 0 Å². The predicted molar refractivity (Wildman–Crippen MR) is 61.5 cm³/mol. The summed E-state index contributed by atoms with van der Waals surface area (Å²) in [7, 11) is 1.27. The highest BCUT2D eigenvalue weighted by atomic mass is 79.9. The van der Waals surface area contributed by atoms with E-state index >= 15 is 0 Å². The average molecular weight is 321 g/mol. The number of aromatic nitrogens is 2. The molecule has 0 aliphatic heterocycles. The molecular formula is C8H3BrClN3O2S. The number of rotatable bonds is 1. The molecule has 8 heteroatoms. The predicted octanol–water partition coefficient (Wildman–Crippen LogP) is 2.12. The van der Waals surface area contributed by atoms with Gasteiger partial charge in [-0.15, -0.1) is 0 Å². The molecule has 0 bridgehead atoms. The number of H-pyrrole nitrogens is 1. The third-order valence-corrected chi connectivity index (χ3v) is 3.68. The van der Waals surface area contributed by atoms with Gasteiger partial charge in [0, 0.05) is 10.7 Å². The van der Waals surface area contributed by atoms with E-state index in [9.17, 15) is 8.42 Å². The van der Waals surface area contributed by atoms with Crippen LogP contribution in [0.1, 0.15) is 5.56 Å². The van der Waals surface area contributed by atoms with Gasteiger partial charge >= 0.3 is 0 Å². The molecule has 0 atom stereocenters. The molecule has 2 aromatic rings. The minimum atomic E-state index is -4.01. The van der Waals surface area contributed by atoms with Gasteiger partial charge < -0.3 is 4.98 Å². The quantitative estimate of drug-likeness (QED) is 0.815. The second-order valence-corrected chi connectivity index (χ2v) is 6.17. The van der Waals surface area contributed by atoms with Crippen LogP contribution >= 0.6 is 26.6 Å². The van der Waals surface area contributed by atoms with E-state index in [4.69, 9.17) is 15.9 Å². The van der Waals surface area contributed by atoms with Crippen LogP contribution in [0.4, 0.5) is 0 Å². The third-order valence-electron chi connectivity index (χ3n) is 1.94. The van der Waals surface area contributed by atoms with E-state index in [1.54, 1.807) is 12.1 Å². The first kappa shape index (κ1) is 11.4. The molecule has 1 N–H and O–H groups in total. The van der Waals surface area contributed by atoms with Gasteiger partial charge in [-0.2, -0.15) is 5.26 Å². The molecule has 0 aliphatic rings. The van der Waals surface area contributed by atoms with Crippen molar-refractivity contribution >= 4 is 46.7 Å². The maximum atomic E-state index is 11.4. The lowest BCUT2D eigenvalue weighted by Crippen LogP contribution is -1.96. The summed E-state index contributed by atoms with van der Waals surface area (Å²) in [6.45, 7) is 0. The molecule has 0 spiro atoms. The van der Waals surface area contributed by atoms with Crippen LogP contribution < -0.4 is 0 Å². The van der Waals surface area contributed by atoms with Crippen molar-refractivity contribution in [3.05, 3.63) is 22.4 Å². The van der Waals surface area contributed by atoms with E-state index in [-0.39, 0.29) is 16.0 Å². The smallest absolute Gasteiger partial charge is 0.264 e. The van der Waals surface area contributed by atoms with Gasteiger partial charge in [0.15, 0.2) is 4.73 Å². The highest BCUT2D eigenvalue weighted by Crippen LogP contribution is 2.28. The highest BCUT2D eigenvalue weighted by molar-refractivity contribution is 9.10. The van der Waals surface area contributed by atoms with Crippen molar-refractivity contribution in [2.24, 2.45) is 0 Å². The molecular weight excluding hydrogens is 318 g/mol. The fraction of sp³-hybridized carbons (Fsp3) is 0. The van der Waals surface area contributed by atoms with Crippen molar-refractivity contribution in [1.29, 1.82) is 5.26 Å². The number of halogens is 2. The summed E-state index contributed by atoms with van der Waals surface area (Å²) in [5.41, 5.74) is 0.618. The van der Waals surface area contributed by atoms with Gasteiger partial charge in [-0.05, 0) is 28.1 Å². The minimum absolute atomic E-state index is 0.0264. The van der Waals surface area contributed by atoms with Gasteiger partial charge in [-0.25, -0.2) is 13.4 Å². The van der Waals surface area contributed by atoms with E-state index in [2.05, 4.69) is 25.9 Å². The fourth-order valence-corrected chi connectivity index (χ4v) is 2.98. The number of fused-ring (bicyclic) bond motifs is 1. The SMILES string of the molecule is N#Cc1ccc2[nH]c(Br)nc2c1S(=O)(=O)Cl.